The number of rotatable bonds is 3. The molecule has 3 nitrogen and oxygen atoms in total. The van der Waals surface area contributed by atoms with Gasteiger partial charge in [-0.25, -0.2) is 4.39 Å². The molecule has 1 atom stereocenters. The zero-order valence-corrected chi connectivity index (χ0v) is 9.16. The van der Waals surface area contributed by atoms with Crippen LogP contribution in [0.25, 0.3) is 0 Å². The summed E-state index contributed by atoms with van der Waals surface area (Å²) in [7, 11) is 0. The van der Waals surface area contributed by atoms with E-state index in [-0.39, 0.29) is 17.5 Å². The summed E-state index contributed by atoms with van der Waals surface area (Å²) in [5.74, 6) is -0.369. The lowest BCUT2D eigenvalue weighted by atomic mass is 10.1. The first-order valence-electron chi connectivity index (χ1n) is 5.44. The Hall–Kier alpha value is -1.58. The van der Waals surface area contributed by atoms with E-state index in [1.54, 1.807) is 0 Å². The predicted octanol–water partition coefficient (Wildman–Crippen LogP) is 1.94. The zero-order chi connectivity index (χ0) is 11.7. The first-order chi connectivity index (χ1) is 7.58. The summed E-state index contributed by atoms with van der Waals surface area (Å²) in [5, 5.41) is 2.79. The molecule has 2 rings (SSSR count). The van der Waals surface area contributed by atoms with E-state index < -0.39 is 5.82 Å². The van der Waals surface area contributed by atoms with Gasteiger partial charge in [0.2, 0.25) is 0 Å². The van der Waals surface area contributed by atoms with Gasteiger partial charge in [0.15, 0.2) is 0 Å². The third-order valence-corrected chi connectivity index (χ3v) is 2.92. The van der Waals surface area contributed by atoms with Gasteiger partial charge >= 0.3 is 0 Å². The highest BCUT2D eigenvalue weighted by Crippen LogP contribution is 2.32. The van der Waals surface area contributed by atoms with E-state index in [1.165, 1.54) is 18.2 Å². The van der Waals surface area contributed by atoms with Crippen LogP contribution in [0.5, 0.6) is 0 Å². The topological polar surface area (TPSA) is 55.1 Å². The molecule has 1 aromatic carbocycles. The van der Waals surface area contributed by atoms with Crippen LogP contribution in [0.15, 0.2) is 18.2 Å². The molecule has 4 heteroatoms. The second kappa shape index (κ2) is 4.12. The quantitative estimate of drug-likeness (QED) is 0.768. The van der Waals surface area contributed by atoms with Crippen molar-refractivity contribution >= 4 is 11.6 Å². The summed E-state index contributed by atoms with van der Waals surface area (Å²) in [6.07, 6.45) is 2.28. The summed E-state index contributed by atoms with van der Waals surface area (Å²) in [6, 6.07) is 4.13. The lowest BCUT2D eigenvalue weighted by molar-refractivity contribution is 0.0932. The van der Waals surface area contributed by atoms with Crippen LogP contribution in [-0.2, 0) is 0 Å². The number of benzene rings is 1. The first-order valence-corrected chi connectivity index (χ1v) is 5.44. The van der Waals surface area contributed by atoms with Crippen molar-refractivity contribution in [2.24, 2.45) is 5.92 Å². The number of halogens is 1. The monoisotopic (exact) mass is 222 g/mol. The van der Waals surface area contributed by atoms with Gasteiger partial charge in [-0.2, -0.15) is 0 Å². The van der Waals surface area contributed by atoms with Crippen LogP contribution >= 0.6 is 0 Å². The van der Waals surface area contributed by atoms with Gasteiger partial charge in [-0.05, 0) is 43.9 Å². The molecule has 0 spiro atoms. The minimum Gasteiger partial charge on any atom is -0.399 e. The van der Waals surface area contributed by atoms with Crippen LogP contribution in [0.1, 0.15) is 30.1 Å². The number of nitrogens with two attached hydrogens (primary N) is 1. The van der Waals surface area contributed by atoms with Crippen molar-refractivity contribution in [3.05, 3.63) is 29.6 Å². The van der Waals surface area contributed by atoms with Crippen LogP contribution in [0.2, 0.25) is 0 Å². The van der Waals surface area contributed by atoms with Crippen LogP contribution in [0, 0.1) is 11.7 Å². The fraction of sp³-hybridized carbons (Fsp3) is 0.417. The lowest BCUT2D eigenvalue weighted by Gasteiger charge is -2.13. The molecule has 1 saturated carbocycles. The van der Waals surface area contributed by atoms with Gasteiger partial charge in [-0.3, -0.25) is 4.79 Å². The van der Waals surface area contributed by atoms with E-state index in [2.05, 4.69) is 5.32 Å². The molecule has 86 valence electrons. The number of hydrogen-bond donors (Lipinski definition) is 2. The molecule has 16 heavy (non-hydrogen) atoms. The summed E-state index contributed by atoms with van der Waals surface area (Å²) in [4.78, 5) is 11.8. The number of carbonyl (C=O) groups is 1. The molecule has 0 heterocycles. The Bertz CT molecular complexity index is 415. The SMILES string of the molecule is CC(NC(=O)c1cc(N)ccc1F)C1CC1. The minimum absolute atomic E-state index is 0.0208. The van der Waals surface area contributed by atoms with Crippen molar-refractivity contribution in [1.29, 1.82) is 0 Å². The molecule has 0 bridgehead atoms. The van der Waals surface area contributed by atoms with Crippen molar-refractivity contribution in [3.8, 4) is 0 Å². The van der Waals surface area contributed by atoms with Gasteiger partial charge in [0.05, 0.1) is 5.56 Å². The zero-order valence-electron chi connectivity index (χ0n) is 9.16. The Morgan fingerprint density at radius 2 is 2.25 bits per heavy atom. The molecule has 3 N–H and O–H groups in total. The highest BCUT2D eigenvalue weighted by atomic mass is 19.1. The Kier molecular flexibility index (Phi) is 2.81. The summed E-state index contributed by atoms with van der Waals surface area (Å²) in [6.45, 7) is 1.94. The number of amides is 1. The minimum atomic E-state index is -0.533. The van der Waals surface area contributed by atoms with Crippen molar-refractivity contribution in [3.63, 3.8) is 0 Å². The fourth-order valence-electron chi connectivity index (χ4n) is 1.72. The average molecular weight is 222 g/mol. The largest absolute Gasteiger partial charge is 0.399 e. The van der Waals surface area contributed by atoms with Crippen LogP contribution in [-0.4, -0.2) is 11.9 Å². The normalized spacial score (nSPS) is 16.9. The van der Waals surface area contributed by atoms with Gasteiger partial charge in [-0.1, -0.05) is 0 Å². The maximum atomic E-state index is 13.4. The second-order valence-electron chi connectivity index (χ2n) is 4.34. The van der Waals surface area contributed by atoms with Gasteiger partial charge < -0.3 is 11.1 Å². The van der Waals surface area contributed by atoms with Gasteiger partial charge in [0.25, 0.3) is 5.91 Å². The van der Waals surface area contributed by atoms with Crippen molar-refractivity contribution < 1.29 is 9.18 Å². The van der Waals surface area contributed by atoms with Crippen LogP contribution in [0.3, 0.4) is 0 Å². The number of nitrogens with one attached hydrogen (secondary N) is 1. The van der Waals surface area contributed by atoms with E-state index in [0.29, 0.717) is 11.6 Å². The fourth-order valence-corrected chi connectivity index (χ4v) is 1.72. The molecule has 1 aromatic rings. The number of anilines is 1. The molecule has 1 amide bonds. The number of hydrogen-bond acceptors (Lipinski definition) is 2. The van der Waals surface area contributed by atoms with Crippen molar-refractivity contribution in [2.45, 2.75) is 25.8 Å². The van der Waals surface area contributed by atoms with Crippen LogP contribution in [0.4, 0.5) is 10.1 Å². The third kappa shape index (κ3) is 2.32. The Balaban J connectivity index is 2.10. The van der Waals surface area contributed by atoms with Crippen LogP contribution < -0.4 is 11.1 Å². The third-order valence-electron chi connectivity index (χ3n) is 2.92. The predicted molar refractivity (Wildman–Crippen MR) is 60.5 cm³/mol. The van der Waals surface area contributed by atoms with Gasteiger partial charge in [-0.15, -0.1) is 0 Å². The van der Waals surface area contributed by atoms with Gasteiger partial charge in [0.1, 0.15) is 5.82 Å². The Morgan fingerprint density at radius 3 is 2.88 bits per heavy atom. The van der Waals surface area contributed by atoms with Gasteiger partial charge in [0, 0.05) is 11.7 Å². The van der Waals surface area contributed by atoms with E-state index in [1.807, 2.05) is 6.92 Å². The number of carbonyl (C=O) groups excluding carboxylic acids is 1. The lowest BCUT2D eigenvalue weighted by Crippen LogP contribution is -2.34. The highest BCUT2D eigenvalue weighted by molar-refractivity contribution is 5.95. The molecule has 0 aliphatic heterocycles. The van der Waals surface area contributed by atoms with E-state index in [4.69, 9.17) is 5.73 Å². The average Bonchev–Trinajstić information content (AvgIpc) is 3.04. The highest BCUT2D eigenvalue weighted by Gasteiger charge is 2.29. The first kappa shape index (κ1) is 10.9. The molecule has 1 fully saturated rings. The summed E-state index contributed by atoms with van der Waals surface area (Å²) >= 11 is 0. The molecule has 1 unspecified atom stereocenters. The smallest absolute Gasteiger partial charge is 0.254 e. The number of nitrogen functional groups attached to an aromatic ring is 1. The summed E-state index contributed by atoms with van der Waals surface area (Å²) in [5.41, 5.74) is 5.94. The second-order valence-corrected chi connectivity index (χ2v) is 4.34. The molecule has 0 saturated heterocycles. The van der Waals surface area contributed by atoms with E-state index in [0.717, 1.165) is 12.8 Å². The maximum Gasteiger partial charge on any atom is 0.254 e. The molecule has 1 aliphatic rings. The molecular weight excluding hydrogens is 207 g/mol. The molecule has 1 aliphatic carbocycles. The van der Waals surface area contributed by atoms with Crippen molar-refractivity contribution in [2.75, 3.05) is 5.73 Å². The molecular formula is C12H15FN2O. The Labute approximate surface area is 93.8 Å². The maximum absolute atomic E-state index is 13.4. The van der Waals surface area contributed by atoms with E-state index >= 15 is 0 Å². The standard InChI is InChI=1S/C12H15FN2O/c1-7(8-2-3-8)15-12(16)10-6-9(14)4-5-11(10)13/h4-8H,2-3,14H2,1H3,(H,15,16). The molecule has 0 aromatic heterocycles. The van der Waals surface area contributed by atoms with E-state index in [9.17, 15) is 9.18 Å². The molecule has 0 radical (unpaired) electrons. The van der Waals surface area contributed by atoms with Crippen molar-refractivity contribution in [1.82, 2.24) is 5.32 Å². The summed E-state index contributed by atoms with van der Waals surface area (Å²) < 4.78 is 13.4. The Morgan fingerprint density at radius 1 is 1.56 bits per heavy atom.